The van der Waals surface area contributed by atoms with E-state index in [-0.39, 0.29) is 30.3 Å². The SMILES string of the molecule is COc1cc(C(=O)OCCOc2cccc(Br)c2)c([N+](=O)[O-])cc1OC. The highest BCUT2D eigenvalue weighted by molar-refractivity contribution is 9.10. The highest BCUT2D eigenvalue weighted by atomic mass is 79.9. The number of rotatable bonds is 8. The summed E-state index contributed by atoms with van der Waals surface area (Å²) >= 11 is 3.32. The van der Waals surface area contributed by atoms with Crippen LogP contribution in [0, 0.1) is 10.1 Å². The summed E-state index contributed by atoms with van der Waals surface area (Å²) in [7, 11) is 2.71. The molecule has 138 valence electrons. The van der Waals surface area contributed by atoms with E-state index in [2.05, 4.69) is 15.9 Å². The van der Waals surface area contributed by atoms with Crippen LogP contribution < -0.4 is 14.2 Å². The minimum absolute atomic E-state index is 0.0726. The maximum Gasteiger partial charge on any atom is 0.345 e. The number of methoxy groups -OCH3 is 2. The third kappa shape index (κ3) is 4.85. The quantitative estimate of drug-likeness (QED) is 0.275. The Morgan fingerprint density at radius 2 is 1.81 bits per heavy atom. The molecule has 0 aliphatic carbocycles. The Hall–Kier alpha value is -2.81. The number of nitrogens with zero attached hydrogens (tertiary/aromatic N) is 1. The molecule has 26 heavy (non-hydrogen) atoms. The molecule has 0 spiro atoms. The molecule has 0 aliphatic heterocycles. The smallest absolute Gasteiger partial charge is 0.345 e. The molecule has 2 aromatic carbocycles. The molecule has 0 unspecified atom stereocenters. The van der Waals surface area contributed by atoms with E-state index in [9.17, 15) is 14.9 Å². The van der Waals surface area contributed by atoms with Gasteiger partial charge in [0.15, 0.2) is 11.5 Å². The van der Waals surface area contributed by atoms with E-state index in [1.54, 1.807) is 18.2 Å². The summed E-state index contributed by atoms with van der Waals surface area (Å²) in [6.45, 7) is 0.0279. The van der Waals surface area contributed by atoms with Gasteiger partial charge in [-0.1, -0.05) is 22.0 Å². The van der Waals surface area contributed by atoms with E-state index in [0.717, 1.165) is 10.5 Å². The monoisotopic (exact) mass is 425 g/mol. The van der Waals surface area contributed by atoms with Crippen molar-refractivity contribution in [2.45, 2.75) is 0 Å². The summed E-state index contributed by atoms with van der Waals surface area (Å²) in [4.78, 5) is 22.7. The van der Waals surface area contributed by atoms with E-state index in [4.69, 9.17) is 18.9 Å². The predicted molar refractivity (Wildman–Crippen MR) is 96.1 cm³/mol. The van der Waals surface area contributed by atoms with E-state index >= 15 is 0 Å². The van der Waals surface area contributed by atoms with Crippen molar-refractivity contribution in [2.75, 3.05) is 27.4 Å². The Morgan fingerprint density at radius 1 is 1.12 bits per heavy atom. The predicted octanol–water partition coefficient (Wildman–Crippen LogP) is 3.61. The third-order valence-electron chi connectivity index (χ3n) is 3.30. The van der Waals surface area contributed by atoms with Crippen molar-refractivity contribution in [3.05, 3.63) is 56.5 Å². The molecule has 0 heterocycles. The van der Waals surface area contributed by atoms with Gasteiger partial charge in [0.25, 0.3) is 5.69 Å². The van der Waals surface area contributed by atoms with Crippen LogP contribution in [0.4, 0.5) is 5.69 Å². The molecule has 0 fully saturated rings. The summed E-state index contributed by atoms with van der Waals surface area (Å²) < 4.78 is 21.5. The van der Waals surface area contributed by atoms with Crippen LogP contribution in [0.2, 0.25) is 0 Å². The van der Waals surface area contributed by atoms with Gasteiger partial charge in [-0.25, -0.2) is 4.79 Å². The average molecular weight is 426 g/mol. The van der Waals surface area contributed by atoms with Crippen LogP contribution in [0.25, 0.3) is 0 Å². The summed E-state index contributed by atoms with van der Waals surface area (Å²) in [5.41, 5.74) is -0.657. The molecule has 0 aromatic heterocycles. The molecule has 0 bridgehead atoms. The normalized spacial score (nSPS) is 10.1. The molecule has 9 heteroatoms. The number of nitro benzene ring substituents is 1. The molecule has 0 saturated heterocycles. The molecule has 0 radical (unpaired) electrons. The van der Waals surface area contributed by atoms with Gasteiger partial charge in [0.2, 0.25) is 0 Å². The van der Waals surface area contributed by atoms with Crippen molar-refractivity contribution < 1.29 is 28.7 Å². The van der Waals surface area contributed by atoms with E-state index in [0.29, 0.717) is 5.75 Å². The minimum atomic E-state index is -0.851. The van der Waals surface area contributed by atoms with Crippen molar-refractivity contribution in [3.63, 3.8) is 0 Å². The van der Waals surface area contributed by atoms with Gasteiger partial charge >= 0.3 is 5.97 Å². The molecule has 2 aromatic rings. The zero-order valence-corrected chi connectivity index (χ0v) is 15.6. The molecule has 2 rings (SSSR count). The molecule has 0 atom stereocenters. The Bertz CT molecular complexity index is 810. The van der Waals surface area contributed by atoms with Crippen molar-refractivity contribution in [1.29, 1.82) is 0 Å². The molecule has 0 N–H and O–H groups in total. The Balaban J connectivity index is 2.05. The number of esters is 1. The first-order chi connectivity index (χ1) is 12.5. The Kier molecular flexibility index (Phi) is 6.79. The lowest BCUT2D eigenvalue weighted by atomic mass is 10.1. The maximum absolute atomic E-state index is 12.2. The number of hydrogen-bond acceptors (Lipinski definition) is 7. The third-order valence-corrected chi connectivity index (χ3v) is 3.79. The highest BCUT2D eigenvalue weighted by Gasteiger charge is 2.25. The summed E-state index contributed by atoms with van der Waals surface area (Å²) in [6.07, 6.45) is 0. The molecule has 0 amide bonds. The zero-order valence-electron chi connectivity index (χ0n) is 14.1. The van der Waals surface area contributed by atoms with Crippen LogP contribution in [-0.4, -0.2) is 38.3 Å². The fraction of sp³-hybridized carbons (Fsp3) is 0.235. The lowest BCUT2D eigenvalue weighted by molar-refractivity contribution is -0.385. The number of carbonyl (C=O) groups is 1. The van der Waals surface area contributed by atoms with Gasteiger partial charge in [0.1, 0.15) is 24.5 Å². The molecule has 0 aliphatic rings. The molecular formula is C17H16BrNO7. The second-order valence-corrected chi connectivity index (χ2v) is 5.84. The standard InChI is InChI=1S/C17H16BrNO7/c1-23-15-9-13(14(19(21)22)10-16(15)24-2)17(20)26-7-6-25-12-5-3-4-11(18)8-12/h3-5,8-10H,6-7H2,1-2H3. The van der Waals surface area contributed by atoms with Gasteiger partial charge in [-0.15, -0.1) is 0 Å². The van der Waals surface area contributed by atoms with Crippen molar-refractivity contribution >= 4 is 27.6 Å². The van der Waals surface area contributed by atoms with Crippen LogP contribution in [-0.2, 0) is 4.74 Å². The minimum Gasteiger partial charge on any atom is -0.493 e. The van der Waals surface area contributed by atoms with Gasteiger partial charge in [0, 0.05) is 10.5 Å². The first-order valence-electron chi connectivity index (χ1n) is 7.42. The number of carbonyl (C=O) groups excluding carboxylic acids is 1. The van der Waals surface area contributed by atoms with Crippen LogP contribution in [0.3, 0.4) is 0 Å². The lowest BCUT2D eigenvalue weighted by Gasteiger charge is -2.11. The average Bonchev–Trinajstić information content (AvgIpc) is 2.63. The number of ether oxygens (including phenoxy) is 4. The second kappa shape index (κ2) is 9.04. The van der Waals surface area contributed by atoms with Crippen molar-refractivity contribution in [2.24, 2.45) is 0 Å². The number of nitro groups is 1. The zero-order chi connectivity index (χ0) is 19.1. The van der Waals surface area contributed by atoms with Crippen LogP contribution in [0.1, 0.15) is 10.4 Å². The fourth-order valence-electron chi connectivity index (χ4n) is 2.11. The van der Waals surface area contributed by atoms with Gasteiger partial charge in [0.05, 0.1) is 25.2 Å². The lowest BCUT2D eigenvalue weighted by Crippen LogP contribution is -2.14. The Labute approximate surface area is 157 Å². The summed E-state index contributed by atoms with van der Waals surface area (Å²) in [5.74, 6) is 0.0900. The van der Waals surface area contributed by atoms with Gasteiger partial charge in [-0.2, -0.15) is 0 Å². The van der Waals surface area contributed by atoms with Crippen molar-refractivity contribution in [1.82, 2.24) is 0 Å². The topological polar surface area (TPSA) is 97.1 Å². The van der Waals surface area contributed by atoms with Gasteiger partial charge in [-0.05, 0) is 18.2 Å². The van der Waals surface area contributed by atoms with Crippen LogP contribution >= 0.6 is 15.9 Å². The summed E-state index contributed by atoms with van der Waals surface area (Å²) in [6, 6.07) is 9.51. The first-order valence-corrected chi connectivity index (χ1v) is 8.21. The molecular weight excluding hydrogens is 410 g/mol. The van der Waals surface area contributed by atoms with E-state index in [1.165, 1.54) is 20.3 Å². The van der Waals surface area contributed by atoms with Gasteiger partial charge < -0.3 is 18.9 Å². The molecule has 8 nitrogen and oxygen atoms in total. The van der Waals surface area contributed by atoms with Gasteiger partial charge in [-0.3, -0.25) is 10.1 Å². The Morgan fingerprint density at radius 3 is 2.42 bits per heavy atom. The number of benzene rings is 2. The largest absolute Gasteiger partial charge is 0.493 e. The maximum atomic E-state index is 12.2. The highest BCUT2D eigenvalue weighted by Crippen LogP contribution is 2.34. The van der Waals surface area contributed by atoms with Crippen molar-refractivity contribution in [3.8, 4) is 17.2 Å². The summed E-state index contributed by atoms with van der Waals surface area (Å²) in [5, 5.41) is 11.2. The molecule has 0 saturated carbocycles. The fourth-order valence-corrected chi connectivity index (χ4v) is 2.49. The first kappa shape index (κ1) is 19.5. The second-order valence-electron chi connectivity index (χ2n) is 4.92. The number of hydrogen-bond donors (Lipinski definition) is 0. The number of halogens is 1. The van der Waals surface area contributed by atoms with E-state index in [1.807, 2.05) is 6.07 Å². The van der Waals surface area contributed by atoms with E-state index < -0.39 is 16.6 Å². The van der Waals surface area contributed by atoms with Crippen LogP contribution in [0.15, 0.2) is 40.9 Å². The van der Waals surface area contributed by atoms with Crippen LogP contribution in [0.5, 0.6) is 17.2 Å².